The molecule has 1 aliphatic carbocycles. The molecular formula is C21H26N4O4S. The van der Waals surface area contributed by atoms with Crippen molar-refractivity contribution < 1.29 is 18.0 Å². The molecule has 0 aliphatic heterocycles. The third-order valence-electron chi connectivity index (χ3n) is 4.63. The summed E-state index contributed by atoms with van der Waals surface area (Å²) in [4.78, 5) is 24.4. The highest BCUT2D eigenvalue weighted by Gasteiger charge is 2.23. The van der Waals surface area contributed by atoms with E-state index in [1.54, 1.807) is 43.3 Å². The van der Waals surface area contributed by atoms with Crippen LogP contribution in [0.25, 0.3) is 0 Å². The van der Waals surface area contributed by atoms with Crippen LogP contribution in [0, 0.1) is 13.8 Å². The minimum Gasteiger partial charge on any atom is -0.351 e. The number of urea groups is 1. The monoisotopic (exact) mass is 430 g/mol. The van der Waals surface area contributed by atoms with Crippen LogP contribution in [0.15, 0.2) is 47.4 Å². The predicted molar refractivity (Wildman–Crippen MR) is 115 cm³/mol. The van der Waals surface area contributed by atoms with Crippen molar-refractivity contribution in [3.8, 4) is 0 Å². The lowest BCUT2D eigenvalue weighted by Crippen LogP contribution is -2.35. The second-order valence-electron chi connectivity index (χ2n) is 7.38. The molecule has 0 atom stereocenters. The first-order chi connectivity index (χ1) is 14.2. The summed E-state index contributed by atoms with van der Waals surface area (Å²) in [6.45, 7) is 3.75. The predicted octanol–water partition coefficient (Wildman–Crippen LogP) is 2.30. The lowest BCUT2D eigenvalue weighted by molar-refractivity contribution is 0.0954. The Balaban J connectivity index is 1.50. The van der Waals surface area contributed by atoms with Crippen molar-refractivity contribution in [1.29, 1.82) is 0 Å². The van der Waals surface area contributed by atoms with Crippen LogP contribution < -0.4 is 20.7 Å². The number of hydrogen-bond donors (Lipinski definition) is 4. The van der Waals surface area contributed by atoms with Crippen molar-refractivity contribution in [2.45, 2.75) is 37.6 Å². The van der Waals surface area contributed by atoms with Crippen LogP contribution >= 0.6 is 0 Å². The van der Waals surface area contributed by atoms with Crippen LogP contribution in [0.4, 0.5) is 10.5 Å². The molecule has 0 spiro atoms. The van der Waals surface area contributed by atoms with Crippen LogP contribution in [0.5, 0.6) is 0 Å². The fourth-order valence-electron chi connectivity index (χ4n) is 2.86. The Bertz CT molecular complexity index is 1050. The van der Waals surface area contributed by atoms with Crippen molar-refractivity contribution in [2.75, 3.05) is 18.4 Å². The molecule has 8 nitrogen and oxygen atoms in total. The number of anilines is 1. The van der Waals surface area contributed by atoms with E-state index in [9.17, 15) is 18.0 Å². The Morgan fingerprint density at radius 1 is 1.03 bits per heavy atom. The quantitative estimate of drug-likeness (QED) is 0.481. The van der Waals surface area contributed by atoms with E-state index < -0.39 is 10.0 Å². The molecule has 9 heteroatoms. The van der Waals surface area contributed by atoms with Crippen LogP contribution in [0.2, 0.25) is 0 Å². The molecule has 1 fully saturated rings. The van der Waals surface area contributed by atoms with Gasteiger partial charge in [-0.05, 0) is 62.1 Å². The van der Waals surface area contributed by atoms with Crippen molar-refractivity contribution in [3.05, 3.63) is 59.2 Å². The molecule has 0 unspecified atom stereocenters. The Labute approximate surface area is 176 Å². The lowest BCUT2D eigenvalue weighted by atomic mass is 10.2. The summed E-state index contributed by atoms with van der Waals surface area (Å²) in [5, 5.41) is 8.19. The molecule has 0 radical (unpaired) electrons. The van der Waals surface area contributed by atoms with Gasteiger partial charge in [0.25, 0.3) is 5.91 Å². The lowest BCUT2D eigenvalue weighted by Gasteiger charge is -2.11. The van der Waals surface area contributed by atoms with E-state index in [2.05, 4.69) is 20.7 Å². The standard InChI is InChI=1S/C21H26N4O4S/c1-14-6-7-15(2)19(12-14)30(28,29)23-11-10-22-20(26)16-4-3-5-18(13-16)25-21(27)24-17-8-9-17/h3-7,12-13,17,23H,8-11H2,1-2H3,(H,22,26)(H2,24,25,27). The summed E-state index contributed by atoms with van der Waals surface area (Å²) in [6.07, 6.45) is 1.98. The van der Waals surface area contributed by atoms with Crippen LogP contribution in [-0.4, -0.2) is 39.5 Å². The van der Waals surface area contributed by atoms with Gasteiger partial charge in [0.1, 0.15) is 0 Å². The number of nitrogens with one attached hydrogen (secondary N) is 4. The zero-order valence-electron chi connectivity index (χ0n) is 17.0. The first kappa shape index (κ1) is 21.8. The molecule has 2 aromatic rings. The van der Waals surface area contributed by atoms with Gasteiger partial charge in [0.05, 0.1) is 4.90 Å². The van der Waals surface area contributed by atoms with E-state index in [1.165, 1.54) is 0 Å². The summed E-state index contributed by atoms with van der Waals surface area (Å²) in [5.74, 6) is -0.354. The minimum absolute atomic E-state index is 0.0587. The first-order valence-electron chi connectivity index (χ1n) is 9.77. The average Bonchev–Trinajstić information content (AvgIpc) is 3.51. The van der Waals surface area contributed by atoms with Crippen molar-refractivity contribution in [1.82, 2.24) is 15.4 Å². The van der Waals surface area contributed by atoms with Gasteiger partial charge in [-0.1, -0.05) is 18.2 Å². The van der Waals surface area contributed by atoms with E-state index in [0.717, 1.165) is 18.4 Å². The fraction of sp³-hybridized carbons (Fsp3) is 0.333. The smallest absolute Gasteiger partial charge is 0.319 e. The largest absolute Gasteiger partial charge is 0.351 e. The highest BCUT2D eigenvalue weighted by Crippen LogP contribution is 2.19. The molecule has 0 saturated heterocycles. The number of carbonyl (C=O) groups excluding carboxylic acids is 2. The molecule has 30 heavy (non-hydrogen) atoms. The van der Waals surface area contributed by atoms with Gasteiger partial charge >= 0.3 is 6.03 Å². The van der Waals surface area contributed by atoms with E-state index in [0.29, 0.717) is 16.8 Å². The molecule has 0 aromatic heterocycles. The minimum atomic E-state index is -3.66. The van der Waals surface area contributed by atoms with Crippen molar-refractivity contribution >= 4 is 27.6 Å². The summed E-state index contributed by atoms with van der Waals surface area (Å²) in [7, 11) is -3.66. The molecule has 0 bridgehead atoms. The van der Waals surface area contributed by atoms with Gasteiger partial charge in [-0.25, -0.2) is 17.9 Å². The number of aryl methyl sites for hydroxylation is 2. The third-order valence-corrected chi connectivity index (χ3v) is 6.23. The Morgan fingerprint density at radius 3 is 2.53 bits per heavy atom. The number of sulfonamides is 1. The Kier molecular flexibility index (Phi) is 6.73. The van der Waals surface area contributed by atoms with Crippen molar-refractivity contribution in [3.63, 3.8) is 0 Å². The van der Waals surface area contributed by atoms with Gasteiger partial charge < -0.3 is 16.0 Å². The number of carbonyl (C=O) groups is 2. The highest BCUT2D eigenvalue weighted by molar-refractivity contribution is 7.89. The molecule has 3 rings (SSSR count). The maximum atomic E-state index is 12.5. The summed E-state index contributed by atoms with van der Waals surface area (Å²) >= 11 is 0. The summed E-state index contributed by atoms with van der Waals surface area (Å²) in [5.41, 5.74) is 2.40. The van der Waals surface area contributed by atoms with E-state index in [-0.39, 0.29) is 36.0 Å². The molecule has 1 saturated carbocycles. The van der Waals surface area contributed by atoms with E-state index in [4.69, 9.17) is 0 Å². The molecule has 0 heterocycles. The van der Waals surface area contributed by atoms with Crippen molar-refractivity contribution in [2.24, 2.45) is 0 Å². The zero-order valence-corrected chi connectivity index (χ0v) is 17.8. The summed E-state index contributed by atoms with van der Waals surface area (Å²) in [6, 6.07) is 11.7. The summed E-state index contributed by atoms with van der Waals surface area (Å²) < 4.78 is 27.5. The van der Waals surface area contributed by atoms with Gasteiger partial charge in [0, 0.05) is 30.4 Å². The van der Waals surface area contributed by atoms with Gasteiger partial charge in [0.15, 0.2) is 0 Å². The Morgan fingerprint density at radius 2 is 1.80 bits per heavy atom. The van der Waals surface area contributed by atoms with Crippen LogP contribution in [0.1, 0.15) is 34.3 Å². The molecule has 1 aliphatic rings. The van der Waals surface area contributed by atoms with Crippen LogP contribution in [0.3, 0.4) is 0 Å². The second-order valence-corrected chi connectivity index (χ2v) is 9.11. The fourth-order valence-corrected chi connectivity index (χ4v) is 4.22. The SMILES string of the molecule is Cc1ccc(C)c(S(=O)(=O)NCCNC(=O)c2cccc(NC(=O)NC3CC3)c2)c1. The highest BCUT2D eigenvalue weighted by atomic mass is 32.2. The van der Waals surface area contributed by atoms with Gasteiger partial charge in [-0.15, -0.1) is 0 Å². The number of amides is 3. The molecule has 3 amide bonds. The zero-order chi connectivity index (χ0) is 21.7. The molecule has 4 N–H and O–H groups in total. The van der Waals surface area contributed by atoms with Gasteiger partial charge in [0.2, 0.25) is 10.0 Å². The van der Waals surface area contributed by atoms with Crippen LogP contribution in [-0.2, 0) is 10.0 Å². The molecule has 160 valence electrons. The maximum Gasteiger partial charge on any atom is 0.319 e. The van der Waals surface area contributed by atoms with Gasteiger partial charge in [-0.2, -0.15) is 0 Å². The molecular weight excluding hydrogens is 404 g/mol. The third kappa shape index (κ3) is 6.04. The normalized spacial score (nSPS) is 13.5. The second kappa shape index (κ2) is 9.27. The topological polar surface area (TPSA) is 116 Å². The van der Waals surface area contributed by atoms with E-state index in [1.807, 2.05) is 13.0 Å². The molecule has 2 aromatic carbocycles. The average molecular weight is 431 g/mol. The number of benzene rings is 2. The van der Waals surface area contributed by atoms with Gasteiger partial charge in [-0.3, -0.25) is 4.79 Å². The van der Waals surface area contributed by atoms with E-state index >= 15 is 0 Å². The Hall–Kier alpha value is -2.91. The maximum absolute atomic E-state index is 12.5. The number of hydrogen-bond acceptors (Lipinski definition) is 4. The number of rotatable bonds is 8. The first-order valence-corrected chi connectivity index (χ1v) is 11.3.